The summed E-state index contributed by atoms with van der Waals surface area (Å²) in [6.45, 7) is 2.08. The van der Waals surface area contributed by atoms with Gasteiger partial charge in [0.2, 0.25) is 5.91 Å². The Morgan fingerprint density at radius 1 is 1.09 bits per heavy atom. The average Bonchev–Trinajstić information content (AvgIpc) is 3.46. The molecule has 1 aliphatic carbocycles. The van der Waals surface area contributed by atoms with Crippen LogP contribution in [0.15, 0.2) is 60.2 Å². The molecule has 1 heterocycles. The second-order valence-corrected chi connectivity index (χ2v) is 9.61. The molecule has 0 aliphatic heterocycles. The average molecular weight is 494 g/mol. The summed E-state index contributed by atoms with van der Waals surface area (Å²) in [5.41, 5.74) is 6.14. The molecule has 0 radical (unpaired) electrons. The maximum absolute atomic E-state index is 12.8. The van der Waals surface area contributed by atoms with Crippen LogP contribution in [-0.4, -0.2) is 47.3 Å². The quantitative estimate of drug-likeness (QED) is 0.395. The number of benzene rings is 2. The molecule has 8 nitrogen and oxygen atoms in total. The van der Waals surface area contributed by atoms with Gasteiger partial charge in [-0.3, -0.25) is 14.6 Å². The fourth-order valence-electron chi connectivity index (χ4n) is 4.30. The van der Waals surface area contributed by atoms with E-state index in [0.29, 0.717) is 0 Å². The third-order valence-electron chi connectivity index (χ3n) is 5.99. The minimum atomic E-state index is -0.926. The Morgan fingerprint density at radius 3 is 2.34 bits per heavy atom. The monoisotopic (exact) mass is 493 g/mol. The van der Waals surface area contributed by atoms with Crippen molar-refractivity contribution in [2.24, 2.45) is 5.92 Å². The number of alkyl carbamates (subject to hydrolysis) is 1. The number of amides is 2. The largest absolute Gasteiger partial charge is 0.481 e. The Bertz CT molecular complexity index is 1150. The minimum absolute atomic E-state index is 0.0560. The van der Waals surface area contributed by atoms with E-state index in [4.69, 9.17) is 9.84 Å². The van der Waals surface area contributed by atoms with Gasteiger partial charge in [-0.15, -0.1) is 11.3 Å². The highest BCUT2D eigenvalue weighted by Gasteiger charge is 2.30. The molecule has 2 amide bonds. The maximum atomic E-state index is 12.8. The molecule has 182 valence electrons. The van der Waals surface area contributed by atoms with E-state index in [9.17, 15) is 14.4 Å². The van der Waals surface area contributed by atoms with Gasteiger partial charge in [-0.1, -0.05) is 55.5 Å². The number of carbonyl (C=O) groups is 3. The molecule has 0 saturated carbocycles. The molecule has 1 aliphatic rings. The van der Waals surface area contributed by atoms with Crippen LogP contribution < -0.4 is 10.6 Å². The van der Waals surface area contributed by atoms with E-state index >= 15 is 0 Å². The Labute approximate surface area is 207 Å². The molecule has 9 heteroatoms. The van der Waals surface area contributed by atoms with Crippen LogP contribution in [0.25, 0.3) is 11.1 Å². The fourth-order valence-corrected chi connectivity index (χ4v) is 4.95. The molecule has 3 N–H and O–H groups in total. The Balaban J connectivity index is 1.40. The number of carbonyl (C=O) groups excluding carboxylic acids is 2. The zero-order valence-corrected chi connectivity index (χ0v) is 20.1. The Hall–Kier alpha value is -3.72. The number of ether oxygens (including phenoxy) is 1. The first-order chi connectivity index (χ1) is 16.9. The molecule has 2 atom stereocenters. The minimum Gasteiger partial charge on any atom is -0.481 e. The summed E-state index contributed by atoms with van der Waals surface area (Å²) in [5.74, 6) is -1.65. The van der Waals surface area contributed by atoms with E-state index in [0.717, 1.165) is 27.1 Å². The van der Waals surface area contributed by atoms with Crippen molar-refractivity contribution in [3.8, 4) is 11.1 Å². The number of nitrogens with zero attached hydrogens (tertiary/aromatic N) is 1. The predicted octanol–water partition coefficient (Wildman–Crippen LogP) is 3.82. The molecule has 35 heavy (non-hydrogen) atoms. The van der Waals surface area contributed by atoms with Gasteiger partial charge in [0.05, 0.1) is 5.51 Å². The molecular weight excluding hydrogens is 466 g/mol. The molecule has 2 unspecified atom stereocenters. The van der Waals surface area contributed by atoms with Gasteiger partial charge < -0.3 is 20.5 Å². The predicted molar refractivity (Wildman–Crippen MR) is 132 cm³/mol. The third kappa shape index (κ3) is 6.05. The summed E-state index contributed by atoms with van der Waals surface area (Å²) in [5, 5.41) is 14.3. The van der Waals surface area contributed by atoms with Crippen LogP contribution in [0.3, 0.4) is 0 Å². The Morgan fingerprint density at radius 2 is 1.74 bits per heavy atom. The van der Waals surface area contributed by atoms with Crippen LogP contribution in [0.1, 0.15) is 35.3 Å². The highest BCUT2D eigenvalue weighted by molar-refractivity contribution is 7.09. The number of rotatable bonds is 10. The van der Waals surface area contributed by atoms with Crippen molar-refractivity contribution in [1.29, 1.82) is 0 Å². The third-order valence-corrected chi connectivity index (χ3v) is 6.79. The highest BCUT2D eigenvalue weighted by Crippen LogP contribution is 2.44. The molecule has 2 aromatic carbocycles. The summed E-state index contributed by atoms with van der Waals surface area (Å²) < 4.78 is 5.60. The Kier molecular flexibility index (Phi) is 7.77. The van der Waals surface area contributed by atoms with Gasteiger partial charge >= 0.3 is 12.1 Å². The number of thiazole rings is 1. The lowest BCUT2D eigenvalue weighted by atomic mass is 9.98. The molecule has 0 saturated heterocycles. The molecule has 0 bridgehead atoms. The summed E-state index contributed by atoms with van der Waals surface area (Å²) in [6.07, 6.45) is 1.17. The summed E-state index contributed by atoms with van der Waals surface area (Å²) in [4.78, 5) is 41.3. The summed E-state index contributed by atoms with van der Waals surface area (Å²) in [7, 11) is 0. The van der Waals surface area contributed by atoms with Crippen LogP contribution in [0, 0.1) is 5.92 Å². The van der Waals surface area contributed by atoms with Crippen molar-refractivity contribution in [1.82, 2.24) is 15.6 Å². The number of nitrogens with one attached hydrogen (secondary N) is 2. The van der Waals surface area contributed by atoms with Gasteiger partial charge in [0.15, 0.2) is 0 Å². The van der Waals surface area contributed by atoms with Gasteiger partial charge in [-0.05, 0) is 28.2 Å². The maximum Gasteiger partial charge on any atom is 0.407 e. The number of aromatic nitrogens is 1. The molecule has 0 spiro atoms. The van der Waals surface area contributed by atoms with E-state index in [-0.39, 0.29) is 37.8 Å². The van der Waals surface area contributed by atoms with Gasteiger partial charge in [0, 0.05) is 36.4 Å². The second kappa shape index (κ2) is 11.1. The fraction of sp³-hybridized carbons (Fsp3) is 0.308. The number of hydrogen-bond acceptors (Lipinski definition) is 6. The van der Waals surface area contributed by atoms with Gasteiger partial charge in [0.25, 0.3) is 0 Å². The van der Waals surface area contributed by atoms with Crippen LogP contribution in [0.4, 0.5) is 4.79 Å². The van der Waals surface area contributed by atoms with E-state index in [1.54, 1.807) is 18.6 Å². The number of hydrogen-bond donors (Lipinski definition) is 3. The van der Waals surface area contributed by atoms with Crippen molar-refractivity contribution in [2.45, 2.75) is 31.7 Å². The molecular formula is C26H27N3O5S. The SMILES string of the molecule is CC(CNC(=O)C(Cc1cncs1)NC(=O)OCC1c2ccccc2-c2ccccc21)CC(=O)O. The first kappa shape index (κ1) is 24.4. The number of carboxylic acid groups (broad SMARTS) is 1. The molecule has 4 rings (SSSR count). The normalized spacial score (nSPS) is 13.9. The second-order valence-electron chi connectivity index (χ2n) is 8.64. The van der Waals surface area contributed by atoms with Gasteiger partial charge in [0.1, 0.15) is 12.6 Å². The number of aliphatic carboxylic acids is 1. The van der Waals surface area contributed by atoms with E-state index in [1.165, 1.54) is 11.3 Å². The smallest absolute Gasteiger partial charge is 0.407 e. The van der Waals surface area contributed by atoms with Crippen molar-refractivity contribution in [3.63, 3.8) is 0 Å². The molecule has 3 aromatic rings. The first-order valence-corrected chi connectivity index (χ1v) is 12.3. The van der Waals surface area contributed by atoms with Gasteiger partial charge in [-0.2, -0.15) is 0 Å². The molecule has 0 fully saturated rings. The van der Waals surface area contributed by atoms with Gasteiger partial charge in [-0.25, -0.2) is 4.79 Å². The van der Waals surface area contributed by atoms with E-state index < -0.39 is 24.0 Å². The van der Waals surface area contributed by atoms with Crippen LogP contribution in [0.2, 0.25) is 0 Å². The number of fused-ring (bicyclic) bond motifs is 3. The first-order valence-electron chi connectivity index (χ1n) is 11.4. The van der Waals surface area contributed by atoms with Crippen LogP contribution >= 0.6 is 11.3 Å². The lowest BCUT2D eigenvalue weighted by Crippen LogP contribution is -2.49. The van der Waals surface area contributed by atoms with E-state index in [2.05, 4.69) is 27.8 Å². The standard InChI is InChI=1S/C26H27N3O5S/c1-16(10-24(30)31)12-28-25(32)23(11-17-13-27-15-35-17)29-26(33)34-14-22-20-8-4-2-6-18(20)19-7-3-5-9-21(19)22/h2-9,13,15-16,22-23H,10-12,14H2,1H3,(H,28,32)(H,29,33)(H,30,31). The zero-order chi connectivity index (χ0) is 24.8. The van der Waals surface area contributed by atoms with Crippen molar-refractivity contribution in [3.05, 3.63) is 76.2 Å². The highest BCUT2D eigenvalue weighted by atomic mass is 32.1. The topological polar surface area (TPSA) is 118 Å². The lowest BCUT2D eigenvalue weighted by Gasteiger charge is -2.20. The summed E-state index contributed by atoms with van der Waals surface area (Å²) in [6, 6.07) is 15.3. The lowest BCUT2D eigenvalue weighted by molar-refractivity contribution is -0.138. The van der Waals surface area contributed by atoms with Crippen molar-refractivity contribution < 1.29 is 24.2 Å². The van der Waals surface area contributed by atoms with Crippen LogP contribution in [-0.2, 0) is 20.7 Å². The summed E-state index contributed by atoms with van der Waals surface area (Å²) >= 11 is 1.39. The van der Waals surface area contributed by atoms with E-state index in [1.807, 2.05) is 36.4 Å². The van der Waals surface area contributed by atoms with Crippen molar-refractivity contribution in [2.75, 3.05) is 13.2 Å². The van der Waals surface area contributed by atoms with Crippen LogP contribution in [0.5, 0.6) is 0 Å². The number of carboxylic acids is 1. The molecule has 1 aromatic heterocycles. The van der Waals surface area contributed by atoms with Crippen molar-refractivity contribution >= 4 is 29.3 Å². The zero-order valence-electron chi connectivity index (χ0n) is 19.3.